The minimum atomic E-state index is -0.737. The molecule has 0 aliphatic rings. The van der Waals surface area contributed by atoms with Crippen molar-refractivity contribution in [3.63, 3.8) is 0 Å². The molecule has 1 aromatic carbocycles. The second-order valence-corrected chi connectivity index (χ2v) is 4.96. The molecule has 4 nitrogen and oxygen atoms in total. The molecule has 0 spiro atoms. The van der Waals surface area contributed by atoms with Crippen LogP contribution < -0.4 is 5.32 Å². The molecule has 1 rings (SSSR count). The Balaban J connectivity index is 2.12. The van der Waals surface area contributed by atoms with Crippen LogP contribution in [0.25, 0.3) is 0 Å². The van der Waals surface area contributed by atoms with E-state index < -0.39 is 12.1 Å². The van der Waals surface area contributed by atoms with Gasteiger partial charge in [0.15, 0.2) is 0 Å². The first kappa shape index (κ1) is 15.7. The van der Waals surface area contributed by atoms with Crippen LogP contribution in [0.4, 0.5) is 0 Å². The number of aliphatic hydroxyl groups is 1. The quantitative estimate of drug-likeness (QED) is 0.599. The normalized spacial score (nSPS) is 14.0. The molecular weight excluding hydrogens is 242 g/mol. The van der Waals surface area contributed by atoms with Gasteiger partial charge in [-0.3, -0.25) is 4.79 Å². The SMILES string of the molecule is CC(CCNCC(O)c1ccccc1)CCC(=O)O. The summed E-state index contributed by atoms with van der Waals surface area (Å²) < 4.78 is 0. The average Bonchev–Trinajstić information content (AvgIpc) is 2.42. The Morgan fingerprint density at radius 3 is 2.58 bits per heavy atom. The summed E-state index contributed by atoms with van der Waals surface area (Å²) in [4.78, 5) is 10.4. The third kappa shape index (κ3) is 6.94. The summed E-state index contributed by atoms with van der Waals surface area (Å²) in [6.45, 7) is 3.37. The van der Waals surface area contributed by atoms with Crippen LogP contribution in [0.3, 0.4) is 0 Å². The summed E-state index contributed by atoms with van der Waals surface area (Å²) in [6, 6.07) is 9.55. The Labute approximate surface area is 114 Å². The molecule has 0 saturated carbocycles. The number of hydrogen-bond acceptors (Lipinski definition) is 3. The van der Waals surface area contributed by atoms with Crippen LogP contribution in [-0.2, 0) is 4.79 Å². The number of aliphatic carboxylic acids is 1. The lowest BCUT2D eigenvalue weighted by atomic mass is 10.0. The van der Waals surface area contributed by atoms with Gasteiger partial charge in [-0.05, 0) is 30.9 Å². The van der Waals surface area contributed by atoms with Crippen molar-refractivity contribution in [2.45, 2.75) is 32.3 Å². The van der Waals surface area contributed by atoms with Crippen molar-refractivity contribution >= 4 is 5.97 Å². The molecule has 3 N–H and O–H groups in total. The van der Waals surface area contributed by atoms with Gasteiger partial charge in [0.1, 0.15) is 0 Å². The maximum atomic E-state index is 10.4. The topological polar surface area (TPSA) is 69.6 Å². The van der Waals surface area contributed by atoms with Gasteiger partial charge in [-0.1, -0.05) is 37.3 Å². The van der Waals surface area contributed by atoms with E-state index in [1.165, 1.54) is 0 Å². The number of aliphatic hydroxyl groups excluding tert-OH is 1. The predicted molar refractivity (Wildman–Crippen MR) is 74.9 cm³/mol. The zero-order valence-electron chi connectivity index (χ0n) is 11.4. The van der Waals surface area contributed by atoms with Gasteiger partial charge in [0, 0.05) is 13.0 Å². The highest BCUT2D eigenvalue weighted by atomic mass is 16.4. The first-order valence-corrected chi connectivity index (χ1v) is 6.75. The van der Waals surface area contributed by atoms with Crippen molar-refractivity contribution in [3.05, 3.63) is 35.9 Å². The molecule has 19 heavy (non-hydrogen) atoms. The summed E-state index contributed by atoms with van der Waals surface area (Å²) in [5.41, 5.74) is 0.911. The molecule has 106 valence electrons. The van der Waals surface area contributed by atoms with E-state index in [0.29, 0.717) is 18.9 Å². The van der Waals surface area contributed by atoms with Crippen LogP contribution >= 0.6 is 0 Å². The van der Waals surface area contributed by atoms with Crippen LogP contribution in [-0.4, -0.2) is 29.3 Å². The average molecular weight is 265 g/mol. The van der Waals surface area contributed by atoms with Gasteiger partial charge in [0.25, 0.3) is 0 Å². The zero-order valence-corrected chi connectivity index (χ0v) is 11.4. The van der Waals surface area contributed by atoms with E-state index in [1.807, 2.05) is 30.3 Å². The molecular formula is C15H23NO3. The number of carboxylic acid groups (broad SMARTS) is 1. The number of benzene rings is 1. The molecule has 0 aromatic heterocycles. The van der Waals surface area contributed by atoms with E-state index in [2.05, 4.69) is 12.2 Å². The highest BCUT2D eigenvalue weighted by Gasteiger charge is 2.08. The van der Waals surface area contributed by atoms with Crippen LogP contribution in [0.15, 0.2) is 30.3 Å². The van der Waals surface area contributed by atoms with Crippen molar-refractivity contribution in [2.24, 2.45) is 5.92 Å². The van der Waals surface area contributed by atoms with Crippen LogP contribution in [0.1, 0.15) is 37.9 Å². The standard InChI is InChI=1S/C15H23NO3/c1-12(7-8-15(18)19)9-10-16-11-14(17)13-5-3-2-4-6-13/h2-6,12,14,16-17H,7-11H2,1H3,(H,18,19). The Kier molecular flexibility index (Phi) is 7.15. The van der Waals surface area contributed by atoms with E-state index in [0.717, 1.165) is 18.5 Å². The maximum Gasteiger partial charge on any atom is 0.303 e. The van der Waals surface area contributed by atoms with Gasteiger partial charge in [-0.15, -0.1) is 0 Å². The summed E-state index contributed by atoms with van der Waals surface area (Å²) >= 11 is 0. The van der Waals surface area contributed by atoms with E-state index >= 15 is 0 Å². The lowest BCUT2D eigenvalue weighted by molar-refractivity contribution is -0.137. The minimum absolute atomic E-state index is 0.230. The van der Waals surface area contributed by atoms with Crippen LogP contribution in [0.2, 0.25) is 0 Å². The fraction of sp³-hybridized carbons (Fsp3) is 0.533. The van der Waals surface area contributed by atoms with Crippen LogP contribution in [0.5, 0.6) is 0 Å². The van der Waals surface area contributed by atoms with Crippen molar-refractivity contribution < 1.29 is 15.0 Å². The third-order valence-corrected chi connectivity index (χ3v) is 3.19. The van der Waals surface area contributed by atoms with E-state index in [9.17, 15) is 9.90 Å². The molecule has 2 atom stereocenters. The fourth-order valence-corrected chi connectivity index (χ4v) is 1.89. The molecule has 0 radical (unpaired) electrons. The van der Waals surface area contributed by atoms with Gasteiger partial charge in [0.05, 0.1) is 6.10 Å². The fourth-order valence-electron chi connectivity index (χ4n) is 1.89. The summed E-state index contributed by atoms with van der Waals surface area (Å²) in [6.07, 6.45) is 1.37. The minimum Gasteiger partial charge on any atom is -0.481 e. The van der Waals surface area contributed by atoms with Crippen LogP contribution in [0, 0.1) is 5.92 Å². The Hall–Kier alpha value is -1.39. The number of nitrogens with one attached hydrogen (secondary N) is 1. The number of hydrogen-bond donors (Lipinski definition) is 3. The lowest BCUT2D eigenvalue weighted by Gasteiger charge is -2.14. The molecule has 1 aromatic rings. The van der Waals surface area contributed by atoms with E-state index in [1.54, 1.807) is 0 Å². The summed E-state index contributed by atoms with van der Waals surface area (Å²) in [5, 5.41) is 21.7. The van der Waals surface area contributed by atoms with Gasteiger partial charge < -0.3 is 15.5 Å². The highest BCUT2D eigenvalue weighted by molar-refractivity contribution is 5.66. The molecule has 0 amide bonds. The van der Waals surface area contributed by atoms with Gasteiger partial charge in [-0.25, -0.2) is 0 Å². The smallest absolute Gasteiger partial charge is 0.303 e. The molecule has 4 heteroatoms. The summed E-state index contributed by atoms with van der Waals surface area (Å²) in [5.74, 6) is -0.350. The highest BCUT2D eigenvalue weighted by Crippen LogP contribution is 2.12. The molecule has 2 unspecified atom stereocenters. The van der Waals surface area contributed by atoms with Gasteiger partial charge >= 0.3 is 5.97 Å². The van der Waals surface area contributed by atoms with Gasteiger partial charge in [-0.2, -0.15) is 0 Å². The molecule has 0 heterocycles. The second-order valence-electron chi connectivity index (χ2n) is 4.96. The molecule has 0 bridgehead atoms. The molecule has 0 aliphatic carbocycles. The Morgan fingerprint density at radius 2 is 1.95 bits per heavy atom. The predicted octanol–water partition coefficient (Wildman–Crippen LogP) is 2.20. The van der Waals surface area contributed by atoms with Crippen molar-refractivity contribution in [2.75, 3.05) is 13.1 Å². The number of carbonyl (C=O) groups is 1. The lowest BCUT2D eigenvalue weighted by Crippen LogP contribution is -2.23. The number of carboxylic acids is 1. The van der Waals surface area contributed by atoms with Crippen molar-refractivity contribution in [1.29, 1.82) is 0 Å². The van der Waals surface area contributed by atoms with Crippen molar-refractivity contribution in [1.82, 2.24) is 5.32 Å². The zero-order chi connectivity index (χ0) is 14.1. The molecule has 0 aliphatic heterocycles. The van der Waals surface area contributed by atoms with E-state index in [4.69, 9.17) is 5.11 Å². The maximum absolute atomic E-state index is 10.4. The monoisotopic (exact) mass is 265 g/mol. The first-order chi connectivity index (χ1) is 9.09. The molecule has 0 fully saturated rings. The Bertz CT molecular complexity index is 367. The van der Waals surface area contributed by atoms with Crippen molar-refractivity contribution in [3.8, 4) is 0 Å². The molecule has 0 saturated heterocycles. The number of rotatable bonds is 9. The third-order valence-electron chi connectivity index (χ3n) is 3.19. The largest absolute Gasteiger partial charge is 0.481 e. The second kappa shape index (κ2) is 8.67. The first-order valence-electron chi connectivity index (χ1n) is 6.75. The van der Waals surface area contributed by atoms with Gasteiger partial charge in [0.2, 0.25) is 0 Å². The summed E-state index contributed by atoms with van der Waals surface area (Å²) in [7, 11) is 0. The van der Waals surface area contributed by atoms with E-state index in [-0.39, 0.29) is 6.42 Å². The Morgan fingerprint density at radius 1 is 1.26 bits per heavy atom.